The van der Waals surface area contributed by atoms with Gasteiger partial charge in [0.25, 0.3) is 0 Å². The van der Waals surface area contributed by atoms with E-state index in [1.54, 1.807) is 33.4 Å². The Labute approximate surface area is 316 Å². The Morgan fingerprint density at radius 1 is 0.796 bits per heavy atom. The molecule has 1 aromatic heterocycles. The number of hydrogen-bond donors (Lipinski definition) is 1. The van der Waals surface area contributed by atoms with Gasteiger partial charge in [0.1, 0.15) is 29.5 Å². The van der Waals surface area contributed by atoms with Crippen molar-refractivity contribution in [3.05, 3.63) is 192 Å². The molecule has 0 aliphatic heterocycles. The van der Waals surface area contributed by atoms with Crippen molar-refractivity contribution in [2.45, 2.75) is 43.4 Å². The van der Waals surface area contributed by atoms with Crippen molar-refractivity contribution in [2.75, 3.05) is 13.7 Å². The second-order valence-corrected chi connectivity index (χ2v) is 13.9. The lowest BCUT2D eigenvalue weighted by Gasteiger charge is -2.37. The number of rotatable bonds is 13. The van der Waals surface area contributed by atoms with Crippen LogP contribution in [0.5, 0.6) is 5.75 Å². The molecule has 1 heterocycles. The topological polar surface area (TPSA) is 91.7 Å². The van der Waals surface area contributed by atoms with E-state index in [0.717, 1.165) is 44.7 Å². The zero-order valence-corrected chi connectivity index (χ0v) is 30.6. The number of aromatic nitrogens is 2. The Bertz CT molecular complexity index is 2160. The second-order valence-electron chi connectivity index (χ2n) is 13.9. The molecule has 7 rings (SSSR count). The Balaban J connectivity index is 1.20. The molecular weight excluding hydrogens is 675 g/mol. The highest BCUT2D eigenvalue weighted by Gasteiger charge is 2.39. The molecule has 0 spiro atoms. The lowest BCUT2D eigenvalue weighted by atomic mass is 9.76. The molecule has 0 saturated heterocycles. The number of methoxy groups -OCH3 is 1. The largest absolute Gasteiger partial charge is 0.497 e. The van der Waals surface area contributed by atoms with E-state index >= 15 is 0 Å². The van der Waals surface area contributed by atoms with Crippen LogP contribution in [0.15, 0.2) is 159 Å². The summed E-state index contributed by atoms with van der Waals surface area (Å²) in [6.45, 7) is 7.39. The minimum atomic E-state index is -1.10. The normalized spacial score (nSPS) is 12.9. The van der Waals surface area contributed by atoms with Crippen molar-refractivity contribution in [2.24, 2.45) is 0 Å². The molecule has 1 amide bonds. The number of hydrogen-bond acceptors (Lipinski definition) is 6. The third-order valence-electron chi connectivity index (χ3n) is 10.1. The van der Waals surface area contributed by atoms with E-state index in [1.165, 1.54) is 0 Å². The van der Waals surface area contributed by atoms with Crippen LogP contribution in [-0.2, 0) is 26.2 Å². The van der Waals surface area contributed by atoms with Gasteiger partial charge in [0.05, 0.1) is 19.1 Å². The van der Waals surface area contributed by atoms with Crippen molar-refractivity contribution in [3.63, 3.8) is 0 Å². The van der Waals surface area contributed by atoms with Gasteiger partial charge >= 0.3 is 12.1 Å². The van der Waals surface area contributed by atoms with E-state index in [0.29, 0.717) is 5.69 Å². The maximum atomic E-state index is 13.8. The van der Waals surface area contributed by atoms with Gasteiger partial charge < -0.3 is 24.1 Å². The number of ether oxygens (including phenoxy) is 3. The molecule has 272 valence electrons. The van der Waals surface area contributed by atoms with Crippen LogP contribution in [0, 0.1) is 0 Å². The van der Waals surface area contributed by atoms with Gasteiger partial charge in [-0.25, -0.2) is 14.6 Å². The fourth-order valence-corrected chi connectivity index (χ4v) is 7.35. The van der Waals surface area contributed by atoms with Crippen molar-refractivity contribution < 1.29 is 23.8 Å². The number of esters is 1. The fourth-order valence-electron chi connectivity index (χ4n) is 7.35. The van der Waals surface area contributed by atoms with Crippen LogP contribution in [0.1, 0.15) is 53.3 Å². The summed E-state index contributed by atoms with van der Waals surface area (Å²) in [6.07, 6.45) is 4.56. The first kappa shape index (κ1) is 36.0. The fraction of sp³-hybridized carbons (Fsp3) is 0.196. The molecule has 0 unspecified atom stereocenters. The summed E-state index contributed by atoms with van der Waals surface area (Å²) in [5, 5.41) is 2.81. The summed E-state index contributed by atoms with van der Waals surface area (Å²) in [4.78, 5) is 32.1. The van der Waals surface area contributed by atoms with Crippen LogP contribution < -0.4 is 10.1 Å². The Hall–Kier alpha value is -6.41. The number of carbonyl (C=O) groups excluding carboxylic acids is 2. The molecule has 1 aliphatic rings. The summed E-state index contributed by atoms with van der Waals surface area (Å²) < 4.78 is 19.2. The minimum Gasteiger partial charge on any atom is -0.497 e. The average Bonchev–Trinajstić information content (AvgIpc) is 3.80. The number of imidazole rings is 1. The van der Waals surface area contributed by atoms with Gasteiger partial charge in [0, 0.05) is 18.5 Å². The third-order valence-corrected chi connectivity index (χ3v) is 10.1. The molecule has 0 bridgehead atoms. The molecule has 1 atom stereocenters. The number of fused-ring (bicyclic) bond motifs is 3. The van der Waals surface area contributed by atoms with Crippen LogP contribution in [0.25, 0.3) is 11.1 Å². The number of amides is 1. The van der Waals surface area contributed by atoms with Crippen molar-refractivity contribution >= 4 is 12.1 Å². The molecule has 1 N–H and O–H groups in total. The zero-order valence-electron chi connectivity index (χ0n) is 30.6. The number of carbonyl (C=O) groups is 2. The molecule has 1 aliphatic carbocycles. The zero-order chi connectivity index (χ0) is 37.7. The van der Waals surface area contributed by atoms with E-state index in [4.69, 9.17) is 19.2 Å². The maximum absolute atomic E-state index is 13.8. The van der Waals surface area contributed by atoms with Gasteiger partial charge in [0.15, 0.2) is 0 Å². The number of alkyl carbamates (subject to hydrolysis) is 1. The quantitative estimate of drug-likeness (QED) is 0.0731. The highest BCUT2D eigenvalue weighted by molar-refractivity contribution is 5.82. The molecule has 0 fully saturated rings. The third kappa shape index (κ3) is 7.03. The standard InChI is InChI=1S/C46H43N3O5/c1-5-45(2,3)54-43(50)42(48-44(51)53-30-41-39-22-14-12-20-37(39)38-21-13-15-23-40(38)41)28-35-29-49(31-47-35)46(32-16-8-6-9-17-32,33-18-10-7-11-19-33)34-24-26-36(52-4)27-25-34/h5-27,29,31,41-42H,1,28,30H2,2-4H3,(H,48,51)/t42-/m0/s1. The van der Waals surface area contributed by atoms with E-state index in [1.807, 2.05) is 79.0 Å². The summed E-state index contributed by atoms with van der Waals surface area (Å²) in [5.41, 5.74) is 6.18. The van der Waals surface area contributed by atoms with Gasteiger partial charge in [0.2, 0.25) is 0 Å². The smallest absolute Gasteiger partial charge is 0.407 e. The van der Waals surface area contributed by atoms with Crippen LogP contribution in [0.4, 0.5) is 4.79 Å². The molecule has 8 heteroatoms. The maximum Gasteiger partial charge on any atom is 0.407 e. The molecular formula is C46H43N3O5. The van der Waals surface area contributed by atoms with Crippen molar-refractivity contribution in [3.8, 4) is 16.9 Å². The number of nitrogens with one attached hydrogen (secondary N) is 1. The molecule has 0 saturated carbocycles. The van der Waals surface area contributed by atoms with Crippen molar-refractivity contribution in [1.29, 1.82) is 0 Å². The summed E-state index contributed by atoms with van der Waals surface area (Å²) >= 11 is 0. The second kappa shape index (κ2) is 15.3. The number of nitrogens with zero attached hydrogens (tertiary/aromatic N) is 2. The van der Waals surface area contributed by atoms with Gasteiger partial charge in [-0.05, 0) is 71.0 Å². The first-order valence-corrected chi connectivity index (χ1v) is 18.0. The monoisotopic (exact) mass is 717 g/mol. The van der Waals surface area contributed by atoms with Crippen LogP contribution in [-0.4, -0.2) is 47.0 Å². The van der Waals surface area contributed by atoms with Gasteiger partial charge in [-0.2, -0.15) is 0 Å². The number of benzene rings is 5. The highest BCUT2D eigenvalue weighted by atomic mass is 16.6. The summed E-state index contributed by atoms with van der Waals surface area (Å²) in [7, 11) is 1.65. The highest BCUT2D eigenvalue weighted by Crippen LogP contribution is 2.45. The molecule has 0 radical (unpaired) electrons. The van der Waals surface area contributed by atoms with E-state index in [2.05, 4.69) is 77.1 Å². The first-order chi connectivity index (χ1) is 26.2. The van der Waals surface area contributed by atoms with Gasteiger partial charge in [-0.3, -0.25) is 0 Å². The molecule has 54 heavy (non-hydrogen) atoms. The minimum absolute atomic E-state index is 0.0471. The summed E-state index contributed by atoms with van der Waals surface area (Å²) in [6, 6.07) is 43.6. The van der Waals surface area contributed by atoms with Gasteiger partial charge in [-0.15, -0.1) is 0 Å². The summed E-state index contributed by atoms with van der Waals surface area (Å²) in [5.74, 6) is -0.0234. The Kier molecular flexibility index (Phi) is 10.2. The lowest BCUT2D eigenvalue weighted by Crippen LogP contribution is -2.46. The molecule has 5 aromatic carbocycles. The lowest BCUT2D eigenvalue weighted by molar-refractivity contribution is -0.155. The SMILES string of the molecule is C=CC(C)(C)OC(=O)[C@H](Cc1cn(C(c2ccccc2)(c2ccccc2)c2ccc(OC)cc2)cn1)NC(=O)OCC1c2ccccc2-c2ccccc21. The van der Waals surface area contributed by atoms with E-state index in [-0.39, 0.29) is 18.9 Å². The Morgan fingerprint density at radius 3 is 1.89 bits per heavy atom. The van der Waals surface area contributed by atoms with Gasteiger partial charge in [-0.1, -0.05) is 128 Å². The molecule has 8 nitrogen and oxygen atoms in total. The predicted molar refractivity (Wildman–Crippen MR) is 209 cm³/mol. The van der Waals surface area contributed by atoms with E-state index in [9.17, 15) is 9.59 Å². The van der Waals surface area contributed by atoms with Crippen LogP contribution >= 0.6 is 0 Å². The van der Waals surface area contributed by atoms with Crippen molar-refractivity contribution in [1.82, 2.24) is 14.9 Å². The van der Waals surface area contributed by atoms with Crippen LogP contribution in [0.2, 0.25) is 0 Å². The predicted octanol–water partition coefficient (Wildman–Crippen LogP) is 8.69. The first-order valence-electron chi connectivity index (χ1n) is 18.0. The van der Waals surface area contributed by atoms with Crippen LogP contribution in [0.3, 0.4) is 0 Å². The average molecular weight is 718 g/mol. The molecule has 6 aromatic rings. The Morgan fingerprint density at radius 2 is 1.33 bits per heavy atom. The van der Waals surface area contributed by atoms with E-state index < -0.39 is 29.2 Å².